The molecule has 1 heterocycles. The Morgan fingerprint density at radius 1 is 1.38 bits per heavy atom. The zero-order chi connectivity index (χ0) is 14.7. The van der Waals surface area contributed by atoms with Gasteiger partial charge < -0.3 is 10.5 Å². The van der Waals surface area contributed by atoms with Crippen molar-refractivity contribution >= 4 is 11.7 Å². The van der Waals surface area contributed by atoms with Gasteiger partial charge in [-0.3, -0.25) is 0 Å². The fraction of sp³-hybridized carbons (Fsp3) is 0.375. The van der Waals surface area contributed by atoms with Gasteiger partial charge in [-0.1, -0.05) is 25.3 Å². The third kappa shape index (κ3) is 3.24. The Hall–Kier alpha value is -2.30. The number of carbonyl (C=O) groups excluding carboxylic acids is 1. The van der Waals surface area contributed by atoms with Crippen LogP contribution in [-0.4, -0.2) is 22.4 Å². The SMILES string of the molecule is Nc1cccc(-n2ccc(C(=O)OCCC3CCC3)n2)c1. The monoisotopic (exact) mass is 285 g/mol. The third-order valence-corrected chi connectivity index (χ3v) is 3.92. The Morgan fingerprint density at radius 3 is 2.95 bits per heavy atom. The summed E-state index contributed by atoms with van der Waals surface area (Å²) in [4.78, 5) is 11.9. The molecule has 2 aromatic rings. The van der Waals surface area contributed by atoms with Crippen molar-refractivity contribution in [2.75, 3.05) is 12.3 Å². The van der Waals surface area contributed by atoms with Crippen molar-refractivity contribution in [1.82, 2.24) is 9.78 Å². The normalized spacial score (nSPS) is 14.7. The zero-order valence-electron chi connectivity index (χ0n) is 11.9. The van der Waals surface area contributed by atoms with Crippen LogP contribution in [0, 0.1) is 5.92 Å². The van der Waals surface area contributed by atoms with Crippen LogP contribution in [0.15, 0.2) is 36.5 Å². The highest BCUT2D eigenvalue weighted by Gasteiger charge is 2.18. The number of anilines is 1. The Labute approximate surface area is 123 Å². The summed E-state index contributed by atoms with van der Waals surface area (Å²) in [7, 11) is 0. The van der Waals surface area contributed by atoms with E-state index < -0.39 is 0 Å². The predicted molar refractivity (Wildman–Crippen MR) is 80.2 cm³/mol. The first kappa shape index (κ1) is 13.7. The lowest BCUT2D eigenvalue weighted by atomic mass is 9.83. The molecule has 1 aromatic carbocycles. The van der Waals surface area contributed by atoms with Gasteiger partial charge in [0, 0.05) is 11.9 Å². The van der Waals surface area contributed by atoms with Crippen molar-refractivity contribution in [3.05, 3.63) is 42.2 Å². The molecular weight excluding hydrogens is 266 g/mol. The van der Waals surface area contributed by atoms with E-state index in [9.17, 15) is 4.79 Å². The highest BCUT2D eigenvalue weighted by atomic mass is 16.5. The number of nitrogen functional groups attached to an aromatic ring is 1. The van der Waals surface area contributed by atoms with E-state index in [4.69, 9.17) is 10.5 Å². The molecule has 0 spiro atoms. The van der Waals surface area contributed by atoms with Crippen molar-refractivity contribution in [3.63, 3.8) is 0 Å². The average molecular weight is 285 g/mol. The van der Waals surface area contributed by atoms with Crippen molar-refractivity contribution in [1.29, 1.82) is 0 Å². The second-order valence-corrected chi connectivity index (χ2v) is 5.46. The maximum atomic E-state index is 11.9. The molecule has 0 radical (unpaired) electrons. The summed E-state index contributed by atoms with van der Waals surface area (Å²) in [6.07, 6.45) is 6.53. The van der Waals surface area contributed by atoms with Crippen LogP contribution < -0.4 is 5.73 Å². The second kappa shape index (κ2) is 5.99. The Balaban J connectivity index is 1.59. The standard InChI is InChI=1S/C16H19N3O2/c17-13-5-2-6-14(11-13)19-9-7-15(18-19)16(20)21-10-8-12-3-1-4-12/h2,5-7,9,11-12H,1,3-4,8,10,17H2. The highest BCUT2D eigenvalue weighted by Crippen LogP contribution is 2.29. The van der Waals surface area contributed by atoms with Gasteiger partial charge in [0.25, 0.3) is 0 Å². The largest absolute Gasteiger partial charge is 0.461 e. The third-order valence-electron chi connectivity index (χ3n) is 3.92. The van der Waals surface area contributed by atoms with E-state index in [1.807, 2.05) is 18.2 Å². The Kier molecular flexibility index (Phi) is 3.90. The molecular formula is C16H19N3O2. The molecule has 1 fully saturated rings. The van der Waals surface area contributed by atoms with Crippen molar-refractivity contribution < 1.29 is 9.53 Å². The average Bonchev–Trinajstić information content (AvgIpc) is 2.91. The molecule has 0 aliphatic heterocycles. The molecule has 0 saturated heterocycles. The summed E-state index contributed by atoms with van der Waals surface area (Å²) in [5, 5.41) is 4.24. The first-order valence-electron chi connectivity index (χ1n) is 7.31. The van der Waals surface area contributed by atoms with Gasteiger partial charge in [-0.25, -0.2) is 9.48 Å². The Bertz CT molecular complexity index is 632. The molecule has 5 nitrogen and oxygen atoms in total. The number of nitrogens with two attached hydrogens (primary N) is 1. The smallest absolute Gasteiger partial charge is 0.358 e. The van der Waals surface area contributed by atoms with Crippen molar-refractivity contribution in [3.8, 4) is 5.69 Å². The molecule has 1 aliphatic rings. The number of carbonyl (C=O) groups is 1. The summed E-state index contributed by atoms with van der Waals surface area (Å²) in [5.74, 6) is 0.375. The molecule has 0 bridgehead atoms. The van der Waals surface area contributed by atoms with Crippen LogP contribution in [0.25, 0.3) is 5.69 Å². The molecule has 0 unspecified atom stereocenters. The minimum Gasteiger partial charge on any atom is -0.461 e. The van der Waals surface area contributed by atoms with Crippen molar-refractivity contribution in [2.24, 2.45) is 5.92 Å². The number of esters is 1. The predicted octanol–water partition coefficient (Wildman–Crippen LogP) is 2.80. The molecule has 0 atom stereocenters. The van der Waals surface area contributed by atoms with Crippen molar-refractivity contribution in [2.45, 2.75) is 25.7 Å². The van der Waals surface area contributed by atoms with Crippen LogP contribution >= 0.6 is 0 Å². The molecule has 110 valence electrons. The molecule has 3 rings (SSSR count). The summed E-state index contributed by atoms with van der Waals surface area (Å²) in [5.41, 5.74) is 7.55. The summed E-state index contributed by atoms with van der Waals surface area (Å²) in [6, 6.07) is 9.01. The molecule has 1 aromatic heterocycles. The molecule has 2 N–H and O–H groups in total. The van der Waals surface area contributed by atoms with E-state index in [0.29, 0.717) is 18.0 Å². The van der Waals surface area contributed by atoms with Crippen LogP contribution in [0.5, 0.6) is 0 Å². The number of rotatable bonds is 5. The van der Waals surface area contributed by atoms with Gasteiger partial charge in [-0.05, 0) is 36.6 Å². The number of aromatic nitrogens is 2. The summed E-state index contributed by atoms with van der Waals surface area (Å²) >= 11 is 0. The summed E-state index contributed by atoms with van der Waals surface area (Å²) in [6.45, 7) is 0.481. The van der Waals surface area contributed by atoms with Gasteiger partial charge in [-0.15, -0.1) is 0 Å². The molecule has 5 heteroatoms. The first-order chi connectivity index (χ1) is 10.2. The van der Waals surface area contributed by atoms with Gasteiger partial charge in [0.15, 0.2) is 5.69 Å². The van der Waals surface area contributed by atoms with Gasteiger partial charge in [0.2, 0.25) is 0 Å². The number of hydrogen-bond donors (Lipinski definition) is 1. The van der Waals surface area contributed by atoms with Gasteiger partial charge in [-0.2, -0.15) is 5.10 Å². The zero-order valence-corrected chi connectivity index (χ0v) is 11.9. The topological polar surface area (TPSA) is 70.1 Å². The molecule has 0 amide bonds. The fourth-order valence-corrected chi connectivity index (χ4v) is 2.42. The van der Waals surface area contributed by atoms with Crippen LogP contribution in [-0.2, 0) is 4.74 Å². The van der Waals surface area contributed by atoms with Gasteiger partial charge in [0.05, 0.1) is 12.3 Å². The second-order valence-electron chi connectivity index (χ2n) is 5.46. The number of ether oxygens (including phenoxy) is 1. The van der Waals surface area contributed by atoms with Gasteiger partial charge in [0.1, 0.15) is 0 Å². The molecule has 1 saturated carbocycles. The van der Waals surface area contributed by atoms with E-state index in [-0.39, 0.29) is 5.97 Å². The maximum Gasteiger partial charge on any atom is 0.358 e. The van der Waals surface area contributed by atoms with Crippen LogP contribution in [0.4, 0.5) is 5.69 Å². The minimum absolute atomic E-state index is 0.325. The van der Waals surface area contributed by atoms with Crippen LogP contribution in [0.2, 0.25) is 0 Å². The first-order valence-corrected chi connectivity index (χ1v) is 7.31. The Morgan fingerprint density at radius 2 is 2.24 bits per heavy atom. The quantitative estimate of drug-likeness (QED) is 0.677. The van der Waals surface area contributed by atoms with Crippen LogP contribution in [0.3, 0.4) is 0 Å². The van der Waals surface area contributed by atoms with E-state index >= 15 is 0 Å². The van der Waals surface area contributed by atoms with E-state index in [1.54, 1.807) is 23.0 Å². The highest BCUT2D eigenvalue weighted by molar-refractivity contribution is 5.87. The summed E-state index contributed by atoms with van der Waals surface area (Å²) < 4.78 is 6.89. The lowest BCUT2D eigenvalue weighted by molar-refractivity contribution is 0.0457. The van der Waals surface area contributed by atoms with E-state index in [1.165, 1.54) is 19.3 Å². The van der Waals surface area contributed by atoms with Gasteiger partial charge >= 0.3 is 5.97 Å². The minimum atomic E-state index is -0.364. The molecule has 21 heavy (non-hydrogen) atoms. The lowest BCUT2D eigenvalue weighted by Gasteiger charge is -2.24. The number of nitrogens with zero attached hydrogens (tertiary/aromatic N) is 2. The fourth-order valence-electron chi connectivity index (χ4n) is 2.42. The molecule has 1 aliphatic carbocycles. The number of hydrogen-bond acceptors (Lipinski definition) is 4. The van der Waals surface area contributed by atoms with E-state index in [2.05, 4.69) is 5.10 Å². The number of benzene rings is 1. The van der Waals surface area contributed by atoms with Crippen LogP contribution in [0.1, 0.15) is 36.2 Å². The lowest BCUT2D eigenvalue weighted by Crippen LogP contribution is -2.15. The maximum absolute atomic E-state index is 11.9. The van der Waals surface area contributed by atoms with E-state index in [0.717, 1.165) is 18.0 Å².